The molecule has 0 bridgehead atoms. The molecule has 128 valence electrons. The van der Waals surface area contributed by atoms with Gasteiger partial charge in [0.05, 0.1) is 0 Å². The van der Waals surface area contributed by atoms with Gasteiger partial charge < -0.3 is 10.6 Å². The summed E-state index contributed by atoms with van der Waals surface area (Å²) in [6.07, 6.45) is 2.98. The zero-order valence-corrected chi connectivity index (χ0v) is 14.7. The fourth-order valence-electron chi connectivity index (χ4n) is 3.03. The molecule has 0 saturated carbocycles. The number of nitrogens with one attached hydrogen (secondary N) is 2. The van der Waals surface area contributed by atoms with Crippen LogP contribution in [0.4, 0.5) is 0 Å². The second-order valence-corrected chi connectivity index (χ2v) is 7.99. The van der Waals surface area contributed by atoms with E-state index >= 15 is 0 Å². The van der Waals surface area contributed by atoms with E-state index in [1.165, 1.54) is 12.8 Å². The van der Waals surface area contributed by atoms with E-state index in [-0.39, 0.29) is 5.91 Å². The van der Waals surface area contributed by atoms with Crippen LogP contribution in [0.2, 0.25) is 0 Å². The lowest BCUT2D eigenvalue weighted by molar-refractivity contribution is -0.122. The fraction of sp³-hybridized carbons (Fsp3) is 0.611. The highest BCUT2D eigenvalue weighted by Gasteiger charge is 2.21. The van der Waals surface area contributed by atoms with Crippen LogP contribution in [-0.4, -0.2) is 35.5 Å². The molecule has 0 aromatic heterocycles. The highest BCUT2D eigenvalue weighted by molar-refractivity contribution is 7.84. The van der Waals surface area contributed by atoms with Crippen molar-refractivity contribution < 1.29 is 9.00 Å². The van der Waals surface area contributed by atoms with Crippen LogP contribution >= 0.6 is 0 Å². The van der Waals surface area contributed by atoms with Gasteiger partial charge in [0, 0.05) is 35.3 Å². The Morgan fingerprint density at radius 3 is 2.87 bits per heavy atom. The van der Waals surface area contributed by atoms with Crippen molar-refractivity contribution >= 4 is 16.7 Å². The summed E-state index contributed by atoms with van der Waals surface area (Å²) in [7, 11) is -0.929. The lowest BCUT2D eigenvalue weighted by Crippen LogP contribution is -2.36. The largest absolute Gasteiger partial charge is 0.355 e. The van der Waals surface area contributed by atoms with Crippen LogP contribution in [0.3, 0.4) is 0 Å². The Kier molecular flexibility index (Phi) is 7.76. The monoisotopic (exact) mass is 336 g/mol. The molecule has 1 aliphatic heterocycles. The second kappa shape index (κ2) is 9.83. The maximum absolute atomic E-state index is 12.0. The number of carbonyl (C=O) groups is 1. The zero-order valence-electron chi connectivity index (χ0n) is 13.9. The van der Waals surface area contributed by atoms with E-state index in [1.807, 2.05) is 30.3 Å². The Morgan fingerprint density at radius 2 is 2.17 bits per heavy atom. The Morgan fingerprint density at radius 1 is 1.39 bits per heavy atom. The van der Waals surface area contributed by atoms with Crippen molar-refractivity contribution in [3.05, 3.63) is 35.9 Å². The molecule has 1 aromatic rings. The summed E-state index contributed by atoms with van der Waals surface area (Å²) in [6, 6.07) is 9.83. The number of piperidine rings is 1. The van der Waals surface area contributed by atoms with E-state index in [0.717, 1.165) is 18.7 Å². The zero-order chi connectivity index (χ0) is 16.5. The van der Waals surface area contributed by atoms with Crippen LogP contribution in [0.25, 0.3) is 0 Å². The van der Waals surface area contributed by atoms with Gasteiger partial charge in [0.25, 0.3) is 0 Å². The molecule has 0 aliphatic carbocycles. The molecule has 3 unspecified atom stereocenters. The van der Waals surface area contributed by atoms with Crippen molar-refractivity contribution in [2.75, 3.05) is 25.4 Å². The van der Waals surface area contributed by atoms with Gasteiger partial charge in [-0.3, -0.25) is 9.00 Å². The molecule has 3 atom stereocenters. The van der Waals surface area contributed by atoms with Crippen LogP contribution in [0.1, 0.15) is 31.7 Å². The average Bonchev–Trinajstić information content (AvgIpc) is 2.56. The van der Waals surface area contributed by atoms with Gasteiger partial charge in [-0.1, -0.05) is 37.3 Å². The highest BCUT2D eigenvalue weighted by Crippen LogP contribution is 2.22. The lowest BCUT2D eigenvalue weighted by Gasteiger charge is -2.28. The normalized spacial score (nSPS) is 20.7. The average molecular weight is 337 g/mol. The molecule has 5 heteroatoms. The van der Waals surface area contributed by atoms with E-state index in [4.69, 9.17) is 0 Å². The summed E-state index contributed by atoms with van der Waals surface area (Å²) in [5.74, 6) is 2.15. The van der Waals surface area contributed by atoms with Crippen molar-refractivity contribution in [1.29, 1.82) is 0 Å². The summed E-state index contributed by atoms with van der Waals surface area (Å²) < 4.78 is 12.0. The van der Waals surface area contributed by atoms with Crippen molar-refractivity contribution in [3.8, 4) is 0 Å². The van der Waals surface area contributed by atoms with Gasteiger partial charge in [-0.25, -0.2) is 0 Å². The smallest absolute Gasteiger partial charge is 0.220 e. The van der Waals surface area contributed by atoms with Gasteiger partial charge in [0.15, 0.2) is 0 Å². The van der Waals surface area contributed by atoms with Crippen LogP contribution in [0, 0.1) is 11.8 Å². The standard InChI is InChI=1S/C18H28N2O2S/c1-15(17-8-5-9-19-13-17)12-18(21)20-10-11-23(22)14-16-6-3-2-4-7-16/h2-4,6-7,15,17,19H,5,8-14H2,1H3,(H,20,21). The first-order valence-electron chi connectivity index (χ1n) is 8.51. The van der Waals surface area contributed by atoms with Crippen molar-refractivity contribution in [1.82, 2.24) is 10.6 Å². The van der Waals surface area contributed by atoms with Crippen LogP contribution in [-0.2, 0) is 21.3 Å². The number of carbonyl (C=O) groups excluding carboxylic acids is 1. The molecular weight excluding hydrogens is 308 g/mol. The molecule has 1 saturated heterocycles. The molecule has 1 heterocycles. The summed E-state index contributed by atoms with van der Waals surface area (Å²) in [5, 5.41) is 6.32. The third kappa shape index (κ3) is 6.83. The van der Waals surface area contributed by atoms with Gasteiger partial charge in [-0.05, 0) is 43.3 Å². The number of hydrogen-bond acceptors (Lipinski definition) is 3. The predicted octanol–water partition coefficient (Wildman–Crippen LogP) is 2.08. The Labute approximate surface area is 141 Å². The summed E-state index contributed by atoms with van der Waals surface area (Å²) in [4.78, 5) is 12.0. The second-order valence-electron chi connectivity index (χ2n) is 6.41. The summed E-state index contributed by atoms with van der Waals surface area (Å²) in [5.41, 5.74) is 1.08. The molecule has 2 N–H and O–H groups in total. The molecule has 1 amide bonds. The molecule has 2 rings (SSSR count). The third-order valence-corrected chi connectivity index (χ3v) is 5.78. The Bertz CT molecular complexity index is 501. The van der Waals surface area contributed by atoms with Gasteiger partial charge in [0.2, 0.25) is 5.91 Å². The molecule has 1 aromatic carbocycles. The fourth-order valence-corrected chi connectivity index (χ4v) is 4.07. The predicted molar refractivity (Wildman–Crippen MR) is 95.5 cm³/mol. The van der Waals surface area contributed by atoms with Crippen LogP contribution < -0.4 is 10.6 Å². The first-order valence-corrected chi connectivity index (χ1v) is 10.0. The first-order chi connectivity index (χ1) is 11.1. The number of amides is 1. The number of hydrogen-bond donors (Lipinski definition) is 2. The molecule has 4 nitrogen and oxygen atoms in total. The SMILES string of the molecule is CC(CC(=O)NCCS(=O)Cc1ccccc1)C1CCCNC1. The van der Waals surface area contributed by atoms with Crippen molar-refractivity contribution in [2.24, 2.45) is 11.8 Å². The summed E-state index contributed by atoms with van der Waals surface area (Å²) in [6.45, 7) is 4.77. The minimum absolute atomic E-state index is 0.0831. The van der Waals surface area contributed by atoms with E-state index in [9.17, 15) is 9.00 Å². The van der Waals surface area contributed by atoms with Gasteiger partial charge in [0.1, 0.15) is 0 Å². The Hall–Kier alpha value is -1.20. The van der Waals surface area contributed by atoms with Gasteiger partial charge >= 0.3 is 0 Å². The number of rotatable bonds is 8. The van der Waals surface area contributed by atoms with Crippen LogP contribution in [0.5, 0.6) is 0 Å². The molecule has 1 aliphatic rings. The number of benzene rings is 1. The molecular formula is C18H28N2O2S. The molecule has 0 spiro atoms. The molecule has 1 fully saturated rings. The van der Waals surface area contributed by atoms with Gasteiger partial charge in [-0.2, -0.15) is 0 Å². The highest BCUT2D eigenvalue weighted by atomic mass is 32.2. The molecule has 0 radical (unpaired) electrons. The first kappa shape index (κ1) is 18.1. The van der Waals surface area contributed by atoms with E-state index < -0.39 is 10.8 Å². The minimum atomic E-state index is -0.929. The maximum Gasteiger partial charge on any atom is 0.220 e. The minimum Gasteiger partial charge on any atom is -0.355 e. The third-order valence-electron chi connectivity index (χ3n) is 4.47. The lowest BCUT2D eigenvalue weighted by atomic mass is 9.85. The summed E-state index contributed by atoms with van der Waals surface area (Å²) >= 11 is 0. The molecule has 23 heavy (non-hydrogen) atoms. The van der Waals surface area contributed by atoms with E-state index in [0.29, 0.717) is 36.3 Å². The quantitative estimate of drug-likeness (QED) is 0.764. The Balaban J connectivity index is 1.61. The van der Waals surface area contributed by atoms with Crippen molar-refractivity contribution in [3.63, 3.8) is 0 Å². The van der Waals surface area contributed by atoms with E-state index in [1.54, 1.807) is 0 Å². The van der Waals surface area contributed by atoms with E-state index in [2.05, 4.69) is 17.6 Å². The van der Waals surface area contributed by atoms with Crippen molar-refractivity contribution in [2.45, 2.75) is 31.9 Å². The maximum atomic E-state index is 12.0. The topological polar surface area (TPSA) is 58.2 Å². The van der Waals surface area contributed by atoms with Crippen LogP contribution in [0.15, 0.2) is 30.3 Å². The van der Waals surface area contributed by atoms with Gasteiger partial charge in [-0.15, -0.1) is 0 Å².